The summed E-state index contributed by atoms with van der Waals surface area (Å²) in [4.78, 5) is 21.5. The molecule has 4 rings (SSSR count). The number of sulfonamides is 1. The zero-order valence-electron chi connectivity index (χ0n) is 17.8. The van der Waals surface area contributed by atoms with Crippen LogP contribution in [0.1, 0.15) is 24.2 Å². The van der Waals surface area contributed by atoms with Crippen molar-refractivity contribution in [3.8, 4) is 11.3 Å². The Labute approximate surface area is 186 Å². The van der Waals surface area contributed by atoms with Crippen molar-refractivity contribution in [2.75, 3.05) is 18.4 Å². The Morgan fingerprint density at radius 1 is 1.03 bits per heavy atom. The third-order valence-electron chi connectivity index (χ3n) is 5.13. The molecule has 0 atom stereocenters. The van der Waals surface area contributed by atoms with Gasteiger partial charge in [-0.25, -0.2) is 18.4 Å². The maximum absolute atomic E-state index is 12.6. The van der Waals surface area contributed by atoms with Crippen molar-refractivity contribution in [2.24, 2.45) is 0 Å². The number of anilines is 1. The second-order valence-corrected chi connectivity index (χ2v) is 9.04. The molecule has 0 fully saturated rings. The fourth-order valence-electron chi connectivity index (χ4n) is 3.39. The van der Waals surface area contributed by atoms with Crippen LogP contribution in [0.5, 0.6) is 0 Å². The molecule has 0 saturated carbocycles. The molecule has 2 aromatic heterocycles. The summed E-state index contributed by atoms with van der Waals surface area (Å²) in [6, 6.07) is 15.1. The number of amides is 1. The predicted octanol–water partition coefficient (Wildman–Crippen LogP) is 3.68. The Morgan fingerprint density at radius 2 is 1.72 bits per heavy atom. The first-order valence-electron chi connectivity index (χ1n) is 10.2. The first-order chi connectivity index (χ1) is 15.4. The maximum Gasteiger partial charge on any atom is 0.255 e. The molecule has 0 aliphatic carbocycles. The lowest BCUT2D eigenvalue weighted by Crippen LogP contribution is -2.30. The lowest BCUT2D eigenvalue weighted by molar-refractivity contribution is 0.102. The highest BCUT2D eigenvalue weighted by Gasteiger charge is 2.21. The molecule has 0 aliphatic rings. The van der Waals surface area contributed by atoms with Gasteiger partial charge in [0.2, 0.25) is 15.8 Å². The van der Waals surface area contributed by atoms with Crippen molar-refractivity contribution >= 4 is 27.4 Å². The van der Waals surface area contributed by atoms with Crippen LogP contribution in [0.2, 0.25) is 0 Å². The van der Waals surface area contributed by atoms with Crippen molar-refractivity contribution < 1.29 is 13.2 Å². The van der Waals surface area contributed by atoms with Crippen LogP contribution in [0.25, 0.3) is 17.0 Å². The van der Waals surface area contributed by atoms with Crippen LogP contribution in [0.4, 0.5) is 5.69 Å². The van der Waals surface area contributed by atoms with Gasteiger partial charge < -0.3 is 5.32 Å². The van der Waals surface area contributed by atoms with Gasteiger partial charge in [0.25, 0.3) is 5.91 Å². The van der Waals surface area contributed by atoms with Crippen LogP contribution in [-0.2, 0) is 10.0 Å². The molecular formula is C23H23N5O3S. The fourth-order valence-corrected chi connectivity index (χ4v) is 4.85. The van der Waals surface area contributed by atoms with Crippen LogP contribution < -0.4 is 5.32 Å². The monoisotopic (exact) mass is 449 g/mol. The number of rotatable bonds is 7. The van der Waals surface area contributed by atoms with Gasteiger partial charge in [-0.2, -0.15) is 4.31 Å². The zero-order valence-corrected chi connectivity index (χ0v) is 18.6. The summed E-state index contributed by atoms with van der Waals surface area (Å²) in [5.41, 5.74) is 2.69. The average Bonchev–Trinajstić information content (AvgIpc) is 3.24. The molecule has 4 aromatic rings. The van der Waals surface area contributed by atoms with E-state index < -0.39 is 10.0 Å². The van der Waals surface area contributed by atoms with Crippen molar-refractivity contribution in [1.29, 1.82) is 0 Å². The Kier molecular flexibility index (Phi) is 6.02. The average molecular weight is 450 g/mol. The summed E-state index contributed by atoms with van der Waals surface area (Å²) in [5, 5.41) is 2.83. The number of hydrogen-bond donors (Lipinski definition) is 1. The fraction of sp³-hybridized carbons (Fsp3) is 0.174. The van der Waals surface area contributed by atoms with Gasteiger partial charge in [-0.05, 0) is 42.5 Å². The number of aromatic nitrogens is 3. The Morgan fingerprint density at radius 3 is 2.34 bits per heavy atom. The zero-order chi connectivity index (χ0) is 22.7. The third kappa shape index (κ3) is 4.25. The van der Waals surface area contributed by atoms with E-state index in [1.54, 1.807) is 32.2 Å². The molecule has 0 unspecified atom stereocenters. The second-order valence-electron chi connectivity index (χ2n) is 7.10. The molecule has 0 bridgehead atoms. The maximum atomic E-state index is 12.6. The van der Waals surface area contributed by atoms with E-state index in [9.17, 15) is 13.2 Å². The summed E-state index contributed by atoms with van der Waals surface area (Å²) in [7, 11) is -3.55. The van der Waals surface area contributed by atoms with Gasteiger partial charge in [0, 0.05) is 48.5 Å². The van der Waals surface area contributed by atoms with Crippen molar-refractivity contribution in [3.05, 3.63) is 78.8 Å². The number of carbonyl (C=O) groups excluding carboxylic acids is 1. The van der Waals surface area contributed by atoms with Gasteiger partial charge in [0.1, 0.15) is 0 Å². The molecule has 9 heteroatoms. The molecule has 0 aliphatic heterocycles. The Bertz CT molecular complexity index is 1310. The first kappa shape index (κ1) is 21.7. The molecule has 2 heterocycles. The number of nitrogens with zero attached hydrogens (tertiary/aromatic N) is 4. The van der Waals surface area contributed by atoms with Gasteiger partial charge in [0.15, 0.2) is 0 Å². The summed E-state index contributed by atoms with van der Waals surface area (Å²) in [6.07, 6.45) is 5.46. The van der Waals surface area contributed by atoms with Crippen LogP contribution in [-0.4, -0.2) is 46.1 Å². The van der Waals surface area contributed by atoms with Gasteiger partial charge in [-0.1, -0.05) is 26.0 Å². The lowest BCUT2D eigenvalue weighted by atomic mass is 10.1. The van der Waals surface area contributed by atoms with E-state index in [1.165, 1.54) is 28.6 Å². The molecule has 164 valence electrons. The minimum Gasteiger partial charge on any atom is -0.322 e. The number of hydrogen-bond acceptors (Lipinski definition) is 5. The number of benzene rings is 2. The smallest absolute Gasteiger partial charge is 0.255 e. The van der Waals surface area contributed by atoms with E-state index in [2.05, 4.69) is 15.3 Å². The molecule has 1 amide bonds. The molecule has 32 heavy (non-hydrogen) atoms. The Hall–Kier alpha value is -3.56. The highest BCUT2D eigenvalue weighted by Crippen LogP contribution is 2.22. The first-order valence-corrected chi connectivity index (χ1v) is 11.7. The van der Waals surface area contributed by atoms with E-state index in [-0.39, 0.29) is 10.8 Å². The minimum absolute atomic E-state index is 0.170. The molecule has 0 spiro atoms. The summed E-state index contributed by atoms with van der Waals surface area (Å²) < 4.78 is 28.4. The van der Waals surface area contributed by atoms with E-state index in [1.807, 2.05) is 35.0 Å². The van der Waals surface area contributed by atoms with Crippen LogP contribution in [0, 0.1) is 0 Å². The minimum atomic E-state index is -3.55. The quantitative estimate of drug-likeness (QED) is 0.464. The lowest BCUT2D eigenvalue weighted by Gasteiger charge is -2.18. The number of fused-ring (bicyclic) bond motifs is 1. The predicted molar refractivity (Wildman–Crippen MR) is 123 cm³/mol. The SMILES string of the molecule is CCN(CC)S(=O)(=O)c1ccc(C(=O)Nc2ccc(-c3cn4cccnc4n3)cc2)cc1. The van der Waals surface area contributed by atoms with Crippen LogP contribution in [0.15, 0.2) is 78.1 Å². The van der Waals surface area contributed by atoms with Crippen LogP contribution >= 0.6 is 0 Å². The van der Waals surface area contributed by atoms with Gasteiger partial charge in [0.05, 0.1) is 10.6 Å². The molecule has 2 aromatic carbocycles. The van der Waals surface area contributed by atoms with Crippen molar-refractivity contribution in [3.63, 3.8) is 0 Å². The van der Waals surface area contributed by atoms with Crippen molar-refractivity contribution in [2.45, 2.75) is 18.7 Å². The largest absolute Gasteiger partial charge is 0.322 e. The van der Waals surface area contributed by atoms with Gasteiger partial charge >= 0.3 is 0 Å². The summed E-state index contributed by atoms with van der Waals surface area (Å²) >= 11 is 0. The van der Waals surface area contributed by atoms with Crippen LogP contribution in [0.3, 0.4) is 0 Å². The van der Waals surface area contributed by atoms with Gasteiger partial charge in [-0.15, -0.1) is 0 Å². The highest BCUT2D eigenvalue weighted by atomic mass is 32.2. The molecule has 0 radical (unpaired) electrons. The third-order valence-corrected chi connectivity index (χ3v) is 7.20. The highest BCUT2D eigenvalue weighted by molar-refractivity contribution is 7.89. The van der Waals surface area contributed by atoms with E-state index >= 15 is 0 Å². The summed E-state index contributed by atoms with van der Waals surface area (Å²) in [6.45, 7) is 4.37. The van der Waals surface area contributed by atoms with Crippen molar-refractivity contribution in [1.82, 2.24) is 18.7 Å². The molecular weight excluding hydrogens is 426 g/mol. The molecule has 0 saturated heterocycles. The van der Waals surface area contributed by atoms with E-state index in [0.717, 1.165) is 11.3 Å². The number of imidazole rings is 1. The summed E-state index contributed by atoms with van der Waals surface area (Å²) in [5.74, 6) is 0.299. The number of nitrogens with one attached hydrogen (secondary N) is 1. The molecule has 8 nitrogen and oxygen atoms in total. The molecule has 1 N–H and O–H groups in total. The Balaban J connectivity index is 1.47. The second kappa shape index (κ2) is 8.89. The topological polar surface area (TPSA) is 96.7 Å². The number of carbonyl (C=O) groups is 1. The normalized spacial score (nSPS) is 11.7. The van der Waals surface area contributed by atoms with E-state index in [4.69, 9.17) is 0 Å². The standard InChI is InChI=1S/C23H23N5O3S/c1-3-28(4-2)32(30,31)20-12-8-18(9-13-20)22(29)25-19-10-6-17(7-11-19)21-16-27-15-5-14-24-23(27)26-21/h5-16H,3-4H2,1-2H3,(H,25,29). The van der Waals surface area contributed by atoms with Gasteiger partial charge in [-0.3, -0.25) is 9.20 Å². The van der Waals surface area contributed by atoms with E-state index in [0.29, 0.717) is 30.1 Å².